The molecule has 0 unspecified atom stereocenters. The molecule has 8 heteroatoms. The van der Waals surface area contributed by atoms with Gasteiger partial charge in [0.2, 0.25) is 0 Å². The van der Waals surface area contributed by atoms with Crippen molar-refractivity contribution < 1.29 is 9.47 Å². The number of tetrazole rings is 1. The normalized spacial score (nSPS) is 10.8. The number of hydrogen-bond acceptors (Lipinski definition) is 5. The number of aryl methyl sites for hydroxylation is 2. The molecule has 0 amide bonds. The molecule has 0 bridgehead atoms. The van der Waals surface area contributed by atoms with Crippen LogP contribution in [0.15, 0.2) is 65.5 Å². The lowest BCUT2D eigenvalue weighted by molar-refractivity contribution is 0.305. The van der Waals surface area contributed by atoms with Gasteiger partial charge in [-0.05, 0) is 64.4 Å². The topological polar surface area (TPSA) is 71.2 Å². The van der Waals surface area contributed by atoms with Gasteiger partial charge in [-0.1, -0.05) is 41.9 Å². The van der Waals surface area contributed by atoms with E-state index < -0.39 is 0 Å². The highest BCUT2D eigenvalue weighted by Crippen LogP contribution is 2.32. The molecule has 0 saturated carbocycles. The molecular weight excluding hydrogens is 416 g/mol. The van der Waals surface area contributed by atoms with E-state index >= 15 is 0 Å². The smallest absolute Gasteiger partial charge is 0.368 e. The lowest BCUT2D eigenvalue weighted by Gasteiger charge is -2.14. The van der Waals surface area contributed by atoms with Crippen molar-refractivity contribution in [1.29, 1.82) is 0 Å². The molecule has 0 fully saturated rings. The Hall–Kier alpha value is -3.58. The molecule has 1 heterocycles. The second kappa shape index (κ2) is 8.65. The lowest BCUT2D eigenvalue weighted by atomic mass is 10.1. The molecule has 1 aromatic heterocycles. The van der Waals surface area contributed by atoms with Gasteiger partial charge >= 0.3 is 5.69 Å². The number of ether oxygens (including phenoxy) is 2. The zero-order valence-electron chi connectivity index (χ0n) is 17.4. The highest BCUT2D eigenvalue weighted by atomic mass is 35.5. The van der Waals surface area contributed by atoms with Crippen molar-refractivity contribution in [3.8, 4) is 28.3 Å². The third kappa shape index (κ3) is 4.18. The minimum Gasteiger partial charge on any atom is -0.497 e. The fourth-order valence-electron chi connectivity index (χ4n) is 3.26. The molecule has 0 atom stereocenters. The van der Waals surface area contributed by atoms with Gasteiger partial charge in [-0.25, -0.2) is 4.79 Å². The Balaban J connectivity index is 1.64. The summed E-state index contributed by atoms with van der Waals surface area (Å²) in [6.07, 6.45) is 0. The Morgan fingerprint density at radius 1 is 1.00 bits per heavy atom. The van der Waals surface area contributed by atoms with Crippen LogP contribution in [0.4, 0.5) is 0 Å². The van der Waals surface area contributed by atoms with Crippen molar-refractivity contribution in [3.63, 3.8) is 0 Å². The molecule has 0 aliphatic rings. The molecule has 4 rings (SSSR count). The third-order valence-electron chi connectivity index (χ3n) is 5.06. The maximum Gasteiger partial charge on any atom is 0.368 e. The number of halogens is 1. The SMILES string of the molecule is COc1ccc(-c2ccc(Cl)c(OCc3c(C)cccc3-n3nnn(C)c3=O)c2)cc1. The van der Waals surface area contributed by atoms with Crippen molar-refractivity contribution in [2.75, 3.05) is 7.11 Å². The minimum atomic E-state index is -0.327. The van der Waals surface area contributed by atoms with Crippen LogP contribution in [0.5, 0.6) is 11.5 Å². The average molecular weight is 437 g/mol. The molecule has 31 heavy (non-hydrogen) atoms. The summed E-state index contributed by atoms with van der Waals surface area (Å²) in [5.74, 6) is 1.34. The summed E-state index contributed by atoms with van der Waals surface area (Å²) in [5, 5.41) is 8.26. The number of aromatic nitrogens is 4. The van der Waals surface area contributed by atoms with Gasteiger partial charge in [0.25, 0.3) is 0 Å². The fourth-order valence-corrected chi connectivity index (χ4v) is 3.44. The van der Waals surface area contributed by atoms with Gasteiger partial charge < -0.3 is 9.47 Å². The minimum absolute atomic E-state index is 0.219. The van der Waals surface area contributed by atoms with E-state index in [-0.39, 0.29) is 12.3 Å². The summed E-state index contributed by atoms with van der Waals surface area (Å²) in [6.45, 7) is 2.18. The summed E-state index contributed by atoms with van der Waals surface area (Å²) in [6, 6.07) is 19.1. The number of benzene rings is 3. The van der Waals surface area contributed by atoms with Crippen LogP contribution >= 0.6 is 11.6 Å². The number of hydrogen-bond donors (Lipinski definition) is 0. The van der Waals surface area contributed by atoms with E-state index in [1.165, 1.54) is 9.36 Å². The van der Waals surface area contributed by atoms with Gasteiger partial charge in [0.05, 0.1) is 17.8 Å². The standard InChI is InChI=1S/C23H21ClN4O3/c1-15-5-4-6-21(28-23(29)27(2)25-26-28)19(15)14-31-22-13-17(9-12-20(22)24)16-7-10-18(30-3)11-8-16/h4-13H,14H2,1-3H3. The van der Waals surface area contributed by atoms with Crippen molar-refractivity contribution >= 4 is 11.6 Å². The second-order valence-electron chi connectivity index (χ2n) is 7.03. The number of methoxy groups -OCH3 is 1. The molecule has 0 spiro atoms. The summed E-state index contributed by atoms with van der Waals surface area (Å²) in [4.78, 5) is 12.3. The van der Waals surface area contributed by atoms with Crippen LogP contribution in [-0.2, 0) is 13.7 Å². The molecule has 0 aliphatic heterocycles. The van der Waals surface area contributed by atoms with E-state index in [2.05, 4.69) is 10.4 Å². The molecule has 158 valence electrons. The van der Waals surface area contributed by atoms with E-state index in [0.717, 1.165) is 28.0 Å². The fraction of sp³-hybridized carbons (Fsp3) is 0.174. The first kappa shape index (κ1) is 20.7. The molecule has 0 aliphatic carbocycles. The summed E-state index contributed by atoms with van der Waals surface area (Å²) in [5.41, 5.74) is 4.09. The molecule has 7 nitrogen and oxygen atoms in total. The highest BCUT2D eigenvalue weighted by Gasteiger charge is 2.14. The van der Waals surface area contributed by atoms with Gasteiger partial charge in [-0.2, -0.15) is 9.36 Å². The largest absolute Gasteiger partial charge is 0.497 e. The summed E-state index contributed by atoms with van der Waals surface area (Å²) >= 11 is 6.40. The van der Waals surface area contributed by atoms with Gasteiger partial charge in [0.1, 0.15) is 18.1 Å². The Morgan fingerprint density at radius 3 is 2.42 bits per heavy atom. The first-order valence-electron chi connectivity index (χ1n) is 9.62. The van der Waals surface area contributed by atoms with E-state index in [1.807, 2.05) is 67.6 Å². The van der Waals surface area contributed by atoms with Crippen LogP contribution in [0.2, 0.25) is 5.02 Å². The molecule has 0 N–H and O–H groups in total. The monoisotopic (exact) mass is 436 g/mol. The van der Waals surface area contributed by atoms with Crippen LogP contribution in [0, 0.1) is 6.92 Å². The van der Waals surface area contributed by atoms with Crippen molar-refractivity contribution in [3.05, 3.63) is 87.3 Å². The molecule has 4 aromatic rings. The zero-order valence-corrected chi connectivity index (χ0v) is 18.1. The quantitative estimate of drug-likeness (QED) is 0.453. The molecular formula is C23H21ClN4O3. The Bertz CT molecular complexity index is 1280. The van der Waals surface area contributed by atoms with Crippen LogP contribution < -0.4 is 15.2 Å². The average Bonchev–Trinajstić information content (AvgIpc) is 3.12. The number of nitrogens with zero attached hydrogens (tertiary/aromatic N) is 4. The number of rotatable bonds is 6. The highest BCUT2D eigenvalue weighted by molar-refractivity contribution is 6.32. The maximum absolute atomic E-state index is 12.3. The maximum atomic E-state index is 12.3. The van der Waals surface area contributed by atoms with E-state index in [4.69, 9.17) is 21.1 Å². The second-order valence-corrected chi connectivity index (χ2v) is 7.44. The van der Waals surface area contributed by atoms with E-state index in [1.54, 1.807) is 14.2 Å². The molecule has 0 saturated heterocycles. The van der Waals surface area contributed by atoms with Gasteiger partial charge in [-0.15, -0.1) is 0 Å². The Labute approximate surface area is 184 Å². The molecule has 3 aromatic carbocycles. The van der Waals surface area contributed by atoms with Gasteiger partial charge in [-0.3, -0.25) is 0 Å². The van der Waals surface area contributed by atoms with E-state index in [0.29, 0.717) is 16.5 Å². The Morgan fingerprint density at radius 2 is 1.74 bits per heavy atom. The summed E-state index contributed by atoms with van der Waals surface area (Å²) in [7, 11) is 3.19. The lowest BCUT2D eigenvalue weighted by Crippen LogP contribution is -2.23. The van der Waals surface area contributed by atoms with Gasteiger partial charge in [0.15, 0.2) is 0 Å². The summed E-state index contributed by atoms with van der Waals surface area (Å²) < 4.78 is 13.8. The molecule has 0 radical (unpaired) electrons. The predicted molar refractivity (Wildman–Crippen MR) is 119 cm³/mol. The Kier molecular flexibility index (Phi) is 5.77. The van der Waals surface area contributed by atoms with Crippen molar-refractivity contribution in [2.24, 2.45) is 7.05 Å². The van der Waals surface area contributed by atoms with Crippen LogP contribution in [0.25, 0.3) is 16.8 Å². The van der Waals surface area contributed by atoms with Crippen LogP contribution in [-0.4, -0.2) is 26.9 Å². The van der Waals surface area contributed by atoms with Crippen molar-refractivity contribution in [1.82, 2.24) is 19.8 Å². The third-order valence-corrected chi connectivity index (χ3v) is 5.37. The predicted octanol–water partition coefficient (Wildman–Crippen LogP) is 4.18. The first-order chi connectivity index (χ1) is 15.0. The van der Waals surface area contributed by atoms with Gasteiger partial charge in [0, 0.05) is 12.6 Å². The zero-order chi connectivity index (χ0) is 22.0. The van der Waals surface area contributed by atoms with Crippen LogP contribution in [0.1, 0.15) is 11.1 Å². The van der Waals surface area contributed by atoms with Crippen LogP contribution in [0.3, 0.4) is 0 Å². The first-order valence-corrected chi connectivity index (χ1v) is 10.0. The van der Waals surface area contributed by atoms with Crippen molar-refractivity contribution in [2.45, 2.75) is 13.5 Å². The van der Waals surface area contributed by atoms with E-state index in [9.17, 15) is 4.79 Å².